The van der Waals surface area contributed by atoms with Crippen molar-refractivity contribution in [2.75, 3.05) is 26.7 Å². The third-order valence-corrected chi connectivity index (χ3v) is 3.37. The molecular weight excluding hydrogens is 342 g/mol. The maximum absolute atomic E-state index is 11.6. The summed E-state index contributed by atoms with van der Waals surface area (Å²) in [5, 5.41) is 2.90. The maximum Gasteiger partial charge on any atom is 0.307 e. The average molecular weight is 360 g/mol. The van der Waals surface area contributed by atoms with Gasteiger partial charge in [-0.3, -0.25) is 9.59 Å². The number of nitrogens with one attached hydrogen (secondary N) is 1. The van der Waals surface area contributed by atoms with E-state index < -0.39 is 12.0 Å². The van der Waals surface area contributed by atoms with Crippen LogP contribution < -0.4 is 14.8 Å². The Labute approximate surface area is 131 Å². The number of carbonyl (C=O) groups is 2. The van der Waals surface area contributed by atoms with Gasteiger partial charge in [-0.2, -0.15) is 0 Å². The van der Waals surface area contributed by atoms with Crippen LogP contribution in [0.2, 0.25) is 0 Å². The van der Waals surface area contributed by atoms with Gasteiger partial charge in [0.2, 0.25) is 5.91 Å². The summed E-state index contributed by atoms with van der Waals surface area (Å²) in [6.45, 7) is 0. The van der Waals surface area contributed by atoms with Crippen molar-refractivity contribution in [1.29, 1.82) is 0 Å². The summed E-state index contributed by atoms with van der Waals surface area (Å²) in [4.78, 5) is 23.1. The van der Waals surface area contributed by atoms with E-state index in [-0.39, 0.29) is 17.7 Å². The first-order valence-corrected chi connectivity index (χ1v) is 7.31. The number of carbonyl (C=O) groups excluding carboxylic acids is 2. The molecule has 0 saturated heterocycles. The van der Waals surface area contributed by atoms with Gasteiger partial charge in [0.05, 0.1) is 39.1 Å². The first kappa shape index (κ1) is 17.3. The first-order chi connectivity index (χ1) is 10.0. The molecule has 1 aromatic carbocycles. The van der Waals surface area contributed by atoms with Crippen molar-refractivity contribution in [2.45, 2.75) is 12.5 Å². The van der Waals surface area contributed by atoms with Crippen LogP contribution in [-0.4, -0.2) is 38.5 Å². The van der Waals surface area contributed by atoms with Gasteiger partial charge in [-0.05, 0) is 17.7 Å². The molecule has 0 aliphatic carbocycles. The van der Waals surface area contributed by atoms with Crippen LogP contribution in [0.5, 0.6) is 11.5 Å². The summed E-state index contributed by atoms with van der Waals surface area (Å²) in [7, 11) is 4.37. The SMILES string of the molecule is COC(=O)C[C@H](NC(=O)CBr)c1ccc(OC)c(OC)c1. The number of rotatable bonds is 7. The molecule has 1 atom stereocenters. The Balaban J connectivity index is 3.06. The first-order valence-electron chi connectivity index (χ1n) is 6.19. The number of ether oxygens (including phenoxy) is 3. The highest BCUT2D eigenvalue weighted by Crippen LogP contribution is 2.31. The molecule has 0 saturated carbocycles. The van der Waals surface area contributed by atoms with Gasteiger partial charge < -0.3 is 19.5 Å². The molecule has 1 aromatic rings. The van der Waals surface area contributed by atoms with Crippen LogP contribution in [-0.2, 0) is 14.3 Å². The van der Waals surface area contributed by atoms with Crippen LogP contribution in [0, 0.1) is 0 Å². The van der Waals surface area contributed by atoms with E-state index in [2.05, 4.69) is 26.0 Å². The van der Waals surface area contributed by atoms with E-state index in [0.717, 1.165) is 5.56 Å². The number of methoxy groups -OCH3 is 3. The standard InChI is InChI=1S/C14H18BrNO5/c1-19-11-5-4-9(6-12(11)20-2)10(7-14(18)21-3)16-13(17)8-15/h4-6,10H,7-8H2,1-3H3,(H,16,17)/t10-/m0/s1. The van der Waals surface area contributed by atoms with Crippen molar-refractivity contribution in [3.05, 3.63) is 23.8 Å². The predicted molar refractivity (Wildman–Crippen MR) is 80.9 cm³/mol. The molecule has 0 bridgehead atoms. The lowest BCUT2D eigenvalue weighted by molar-refractivity contribution is -0.141. The van der Waals surface area contributed by atoms with Crippen LogP contribution >= 0.6 is 15.9 Å². The molecule has 0 aromatic heterocycles. The van der Waals surface area contributed by atoms with Gasteiger partial charge in [-0.1, -0.05) is 22.0 Å². The molecule has 6 nitrogen and oxygen atoms in total. The third kappa shape index (κ3) is 4.93. The molecule has 0 unspecified atom stereocenters. The van der Waals surface area contributed by atoms with Crippen LogP contribution in [0.3, 0.4) is 0 Å². The Morgan fingerprint density at radius 1 is 1.19 bits per heavy atom. The minimum Gasteiger partial charge on any atom is -0.493 e. The second-order valence-electron chi connectivity index (χ2n) is 4.15. The van der Waals surface area contributed by atoms with Crippen LogP contribution in [0.25, 0.3) is 0 Å². The highest BCUT2D eigenvalue weighted by atomic mass is 79.9. The average Bonchev–Trinajstić information content (AvgIpc) is 2.52. The zero-order chi connectivity index (χ0) is 15.8. The van der Waals surface area contributed by atoms with Crippen molar-refractivity contribution >= 4 is 27.8 Å². The number of hydrogen-bond acceptors (Lipinski definition) is 5. The van der Waals surface area contributed by atoms with E-state index in [1.807, 2.05) is 0 Å². The maximum atomic E-state index is 11.6. The largest absolute Gasteiger partial charge is 0.493 e. The molecule has 0 heterocycles. The zero-order valence-corrected chi connectivity index (χ0v) is 13.7. The van der Waals surface area contributed by atoms with Crippen molar-refractivity contribution in [3.63, 3.8) is 0 Å². The number of halogens is 1. The molecule has 0 radical (unpaired) electrons. The van der Waals surface area contributed by atoms with E-state index >= 15 is 0 Å². The smallest absolute Gasteiger partial charge is 0.307 e. The normalized spacial score (nSPS) is 11.4. The fourth-order valence-corrected chi connectivity index (χ4v) is 1.97. The number of hydrogen-bond donors (Lipinski definition) is 1. The van der Waals surface area contributed by atoms with Crippen LogP contribution in [0.1, 0.15) is 18.0 Å². The lowest BCUT2D eigenvalue weighted by Gasteiger charge is -2.19. The van der Waals surface area contributed by atoms with E-state index in [9.17, 15) is 9.59 Å². The molecular formula is C14H18BrNO5. The van der Waals surface area contributed by atoms with Crippen LogP contribution in [0.4, 0.5) is 0 Å². The Bertz CT molecular complexity index is 488. The summed E-state index contributed by atoms with van der Waals surface area (Å²) < 4.78 is 15.1. The molecule has 0 spiro atoms. The van der Waals surface area contributed by atoms with Gasteiger partial charge in [0.1, 0.15) is 0 Å². The topological polar surface area (TPSA) is 73.9 Å². The van der Waals surface area contributed by atoms with Crippen molar-refractivity contribution in [1.82, 2.24) is 5.32 Å². The number of alkyl halides is 1. The molecule has 1 rings (SSSR count). The fourth-order valence-electron chi connectivity index (χ4n) is 1.80. The molecule has 1 amide bonds. The second kappa shape index (κ2) is 8.51. The molecule has 21 heavy (non-hydrogen) atoms. The highest BCUT2D eigenvalue weighted by molar-refractivity contribution is 9.09. The number of esters is 1. The summed E-state index contributed by atoms with van der Waals surface area (Å²) in [5.74, 6) is 0.464. The molecule has 7 heteroatoms. The highest BCUT2D eigenvalue weighted by Gasteiger charge is 2.20. The quantitative estimate of drug-likeness (QED) is 0.593. The van der Waals surface area contributed by atoms with Gasteiger partial charge in [0.15, 0.2) is 11.5 Å². The summed E-state index contributed by atoms with van der Waals surface area (Å²) in [5.41, 5.74) is 0.729. The lowest BCUT2D eigenvalue weighted by atomic mass is 10.0. The number of benzene rings is 1. The van der Waals surface area contributed by atoms with E-state index in [4.69, 9.17) is 9.47 Å². The fraction of sp³-hybridized carbons (Fsp3) is 0.429. The van der Waals surface area contributed by atoms with Gasteiger partial charge in [0, 0.05) is 0 Å². The lowest BCUT2D eigenvalue weighted by Crippen LogP contribution is -2.31. The molecule has 0 aliphatic rings. The molecule has 0 aliphatic heterocycles. The monoisotopic (exact) mass is 359 g/mol. The Hall–Kier alpha value is -1.76. The Morgan fingerprint density at radius 3 is 2.38 bits per heavy atom. The van der Waals surface area contributed by atoms with Crippen molar-refractivity contribution < 1.29 is 23.8 Å². The Morgan fingerprint density at radius 2 is 1.86 bits per heavy atom. The third-order valence-electron chi connectivity index (χ3n) is 2.87. The second-order valence-corrected chi connectivity index (χ2v) is 4.71. The Kier molecular flexibility index (Phi) is 7.01. The minimum absolute atomic E-state index is 0.0325. The minimum atomic E-state index is -0.498. The van der Waals surface area contributed by atoms with E-state index in [1.54, 1.807) is 18.2 Å². The van der Waals surface area contributed by atoms with Gasteiger partial charge in [-0.25, -0.2) is 0 Å². The van der Waals surface area contributed by atoms with E-state index in [1.165, 1.54) is 21.3 Å². The molecule has 1 N–H and O–H groups in total. The summed E-state index contributed by atoms with van der Waals surface area (Å²) >= 11 is 3.08. The molecule has 0 fully saturated rings. The van der Waals surface area contributed by atoms with Gasteiger partial charge in [0.25, 0.3) is 0 Å². The van der Waals surface area contributed by atoms with E-state index in [0.29, 0.717) is 11.5 Å². The summed E-state index contributed by atoms with van der Waals surface area (Å²) in [6, 6.07) is 4.71. The predicted octanol–water partition coefficient (Wildman–Crippen LogP) is 1.82. The summed E-state index contributed by atoms with van der Waals surface area (Å²) in [6.07, 6.45) is 0.0325. The van der Waals surface area contributed by atoms with Crippen LogP contribution in [0.15, 0.2) is 18.2 Å². The zero-order valence-electron chi connectivity index (χ0n) is 12.1. The van der Waals surface area contributed by atoms with Crippen molar-refractivity contribution in [2.24, 2.45) is 0 Å². The van der Waals surface area contributed by atoms with Gasteiger partial charge >= 0.3 is 5.97 Å². The molecule has 116 valence electrons. The van der Waals surface area contributed by atoms with Gasteiger partial charge in [-0.15, -0.1) is 0 Å². The number of amides is 1. The van der Waals surface area contributed by atoms with Crippen molar-refractivity contribution in [3.8, 4) is 11.5 Å².